The molecule has 0 bridgehead atoms. The Morgan fingerprint density at radius 3 is 2.66 bits per heavy atom. The highest BCUT2D eigenvalue weighted by Gasteiger charge is 2.34. The van der Waals surface area contributed by atoms with Crippen LogP contribution < -0.4 is 15.0 Å². The number of thiophene rings is 1. The van der Waals surface area contributed by atoms with Crippen molar-refractivity contribution in [3.05, 3.63) is 40.3 Å². The van der Waals surface area contributed by atoms with Gasteiger partial charge in [-0.15, -0.1) is 11.3 Å². The Balaban J connectivity index is 1.88. The van der Waals surface area contributed by atoms with Crippen LogP contribution in [0.2, 0.25) is 0 Å². The monoisotopic (exact) mass is 416 g/mol. The van der Waals surface area contributed by atoms with E-state index in [1.54, 1.807) is 25.1 Å². The molecule has 0 radical (unpaired) electrons. The van der Waals surface area contributed by atoms with Gasteiger partial charge in [0.15, 0.2) is 6.10 Å². The van der Waals surface area contributed by atoms with Gasteiger partial charge in [0.2, 0.25) is 5.91 Å². The summed E-state index contributed by atoms with van der Waals surface area (Å²) in [6, 6.07) is 7.09. The van der Waals surface area contributed by atoms with E-state index in [0.29, 0.717) is 28.4 Å². The number of nitrogens with zero attached hydrogens (tertiary/aromatic N) is 1. The molecule has 1 aliphatic rings. The lowest BCUT2D eigenvalue weighted by Gasteiger charge is -2.33. The zero-order valence-corrected chi connectivity index (χ0v) is 17.7. The van der Waals surface area contributed by atoms with Crippen LogP contribution in [0, 0.1) is 6.92 Å². The Labute approximate surface area is 173 Å². The van der Waals surface area contributed by atoms with Crippen LogP contribution in [0.5, 0.6) is 5.75 Å². The maximum absolute atomic E-state index is 13.0. The third-order valence-electron chi connectivity index (χ3n) is 4.73. The maximum atomic E-state index is 13.0. The molecule has 1 aliphatic heterocycles. The van der Waals surface area contributed by atoms with Gasteiger partial charge in [-0.05, 0) is 38.0 Å². The normalized spacial score (nSPS) is 15.3. The number of hydrogen-bond donors (Lipinski definition) is 1. The number of fused-ring (bicyclic) bond motifs is 1. The van der Waals surface area contributed by atoms with Crippen molar-refractivity contribution in [3.8, 4) is 5.75 Å². The molecule has 2 aromatic rings. The van der Waals surface area contributed by atoms with E-state index in [0.717, 1.165) is 10.4 Å². The molecule has 0 saturated carbocycles. The summed E-state index contributed by atoms with van der Waals surface area (Å²) in [7, 11) is 0. The molecule has 2 amide bonds. The van der Waals surface area contributed by atoms with Gasteiger partial charge in [-0.3, -0.25) is 9.59 Å². The molecular weight excluding hydrogens is 392 g/mol. The molecule has 0 saturated heterocycles. The number of ether oxygens (including phenoxy) is 2. The topological polar surface area (TPSA) is 84.9 Å². The predicted molar refractivity (Wildman–Crippen MR) is 112 cm³/mol. The maximum Gasteiger partial charge on any atom is 0.341 e. The summed E-state index contributed by atoms with van der Waals surface area (Å²) in [5.74, 6) is -0.577. The summed E-state index contributed by atoms with van der Waals surface area (Å²) >= 11 is 1.34. The fourth-order valence-corrected chi connectivity index (χ4v) is 4.51. The van der Waals surface area contributed by atoms with E-state index in [4.69, 9.17) is 9.47 Å². The molecule has 0 aliphatic carbocycles. The number of anilines is 2. The molecule has 1 aromatic carbocycles. The van der Waals surface area contributed by atoms with E-state index < -0.39 is 18.0 Å². The Morgan fingerprint density at radius 1 is 1.28 bits per heavy atom. The van der Waals surface area contributed by atoms with Crippen molar-refractivity contribution in [1.82, 2.24) is 0 Å². The quantitative estimate of drug-likeness (QED) is 0.754. The van der Waals surface area contributed by atoms with Crippen LogP contribution in [-0.2, 0) is 20.7 Å². The van der Waals surface area contributed by atoms with Gasteiger partial charge in [-0.2, -0.15) is 0 Å². The Morgan fingerprint density at radius 2 is 2.00 bits per heavy atom. The molecule has 0 spiro atoms. The Kier molecular flexibility index (Phi) is 6.22. The minimum Gasteiger partial charge on any atom is -0.476 e. The molecule has 2 heterocycles. The highest BCUT2D eigenvalue weighted by atomic mass is 32.1. The molecule has 7 nitrogen and oxygen atoms in total. The first-order valence-electron chi connectivity index (χ1n) is 9.51. The number of para-hydroxylation sites is 2. The van der Waals surface area contributed by atoms with Gasteiger partial charge in [0.25, 0.3) is 5.91 Å². The van der Waals surface area contributed by atoms with Crippen molar-refractivity contribution in [2.45, 2.75) is 40.2 Å². The van der Waals surface area contributed by atoms with Crippen molar-refractivity contribution in [2.75, 3.05) is 23.4 Å². The van der Waals surface area contributed by atoms with Crippen LogP contribution >= 0.6 is 11.3 Å². The van der Waals surface area contributed by atoms with Crippen molar-refractivity contribution in [3.63, 3.8) is 0 Å². The third-order valence-corrected chi connectivity index (χ3v) is 5.79. The summed E-state index contributed by atoms with van der Waals surface area (Å²) in [6.07, 6.45) is -0.242. The van der Waals surface area contributed by atoms with E-state index >= 15 is 0 Å². The second kappa shape index (κ2) is 8.65. The number of aryl methyl sites for hydroxylation is 1. The summed E-state index contributed by atoms with van der Waals surface area (Å²) in [4.78, 5) is 40.0. The second-order valence-corrected chi connectivity index (χ2v) is 7.83. The van der Waals surface area contributed by atoms with Gasteiger partial charge in [0.05, 0.1) is 24.4 Å². The Bertz CT molecular complexity index is 953. The van der Waals surface area contributed by atoms with Gasteiger partial charge in [-0.25, -0.2) is 4.79 Å². The molecular formula is C21H24N2O5S. The highest BCUT2D eigenvalue weighted by molar-refractivity contribution is 7.16. The van der Waals surface area contributed by atoms with Crippen LogP contribution in [0.25, 0.3) is 0 Å². The minimum absolute atomic E-state index is 0.0952. The van der Waals surface area contributed by atoms with Gasteiger partial charge in [0.1, 0.15) is 10.8 Å². The van der Waals surface area contributed by atoms with Gasteiger partial charge in [0, 0.05) is 11.8 Å². The van der Waals surface area contributed by atoms with E-state index in [2.05, 4.69) is 5.32 Å². The van der Waals surface area contributed by atoms with E-state index in [9.17, 15) is 14.4 Å². The van der Waals surface area contributed by atoms with Crippen molar-refractivity contribution < 1.29 is 23.9 Å². The van der Waals surface area contributed by atoms with Crippen LogP contribution in [0.4, 0.5) is 10.7 Å². The first-order valence-corrected chi connectivity index (χ1v) is 10.3. The van der Waals surface area contributed by atoms with Crippen LogP contribution in [-0.4, -0.2) is 37.0 Å². The van der Waals surface area contributed by atoms with Crippen molar-refractivity contribution in [2.24, 2.45) is 0 Å². The largest absolute Gasteiger partial charge is 0.476 e. The fraction of sp³-hybridized carbons (Fsp3) is 0.381. The lowest BCUT2D eigenvalue weighted by atomic mass is 10.1. The third kappa shape index (κ3) is 4.12. The number of amides is 2. The van der Waals surface area contributed by atoms with Gasteiger partial charge < -0.3 is 19.7 Å². The molecule has 154 valence electrons. The number of nitrogens with one attached hydrogen (secondary N) is 1. The molecule has 1 atom stereocenters. The average molecular weight is 416 g/mol. The molecule has 1 aromatic heterocycles. The summed E-state index contributed by atoms with van der Waals surface area (Å²) < 4.78 is 11.0. The lowest BCUT2D eigenvalue weighted by Crippen LogP contribution is -2.48. The molecule has 3 rings (SSSR count). The average Bonchev–Trinajstić information content (AvgIpc) is 3.01. The van der Waals surface area contributed by atoms with Crippen molar-refractivity contribution >= 4 is 39.8 Å². The number of benzene rings is 1. The number of carbonyl (C=O) groups excluding carboxylic acids is 3. The van der Waals surface area contributed by atoms with E-state index in [1.807, 2.05) is 19.9 Å². The summed E-state index contributed by atoms with van der Waals surface area (Å²) in [5.41, 5.74) is 1.89. The van der Waals surface area contributed by atoms with Gasteiger partial charge >= 0.3 is 5.97 Å². The first-order chi connectivity index (χ1) is 13.9. The van der Waals surface area contributed by atoms with Crippen LogP contribution in [0.3, 0.4) is 0 Å². The lowest BCUT2D eigenvalue weighted by molar-refractivity contribution is -0.123. The fourth-order valence-electron chi connectivity index (χ4n) is 3.37. The van der Waals surface area contributed by atoms with Crippen LogP contribution in [0.15, 0.2) is 24.3 Å². The number of hydrogen-bond acceptors (Lipinski definition) is 6. The smallest absolute Gasteiger partial charge is 0.341 e. The van der Waals surface area contributed by atoms with Crippen LogP contribution in [0.1, 0.15) is 41.6 Å². The number of esters is 1. The molecule has 29 heavy (non-hydrogen) atoms. The zero-order valence-electron chi connectivity index (χ0n) is 16.9. The highest BCUT2D eigenvalue weighted by Crippen LogP contribution is 2.36. The molecule has 8 heteroatoms. The minimum atomic E-state index is -0.892. The molecule has 1 N–H and O–H groups in total. The van der Waals surface area contributed by atoms with Crippen molar-refractivity contribution in [1.29, 1.82) is 0 Å². The summed E-state index contributed by atoms with van der Waals surface area (Å²) in [6.45, 7) is 7.40. The van der Waals surface area contributed by atoms with E-state index in [-0.39, 0.29) is 19.1 Å². The number of carbonyl (C=O) groups is 3. The molecule has 0 unspecified atom stereocenters. The number of rotatable bonds is 5. The van der Waals surface area contributed by atoms with Gasteiger partial charge in [-0.1, -0.05) is 19.1 Å². The van der Waals surface area contributed by atoms with E-state index in [1.165, 1.54) is 23.2 Å². The predicted octanol–water partition coefficient (Wildman–Crippen LogP) is 3.55. The SMILES string of the molecule is CCOC(=O)c1c(NC(=O)[C@H]2CN(C(C)=O)c3ccccc3O2)sc(C)c1CC. The molecule has 0 fully saturated rings. The standard InChI is InChI=1S/C21H24N2O5S/c1-5-14-12(3)29-20(18(14)21(26)27-6-2)22-19(25)17-11-23(13(4)24)15-9-7-8-10-16(15)28-17/h7-10,17H,5-6,11H2,1-4H3,(H,22,25)/t17-/m1/s1. The summed E-state index contributed by atoms with van der Waals surface area (Å²) in [5, 5.41) is 3.27. The second-order valence-electron chi connectivity index (χ2n) is 6.61. The zero-order chi connectivity index (χ0) is 21.1. The Hall–Kier alpha value is -2.87. The first kappa shape index (κ1) is 20.9.